The van der Waals surface area contributed by atoms with E-state index in [9.17, 15) is 4.79 Å². The minimum absolute atomic E-state index is 0.109. The van der Waals surface area contributed by atoms with Crippen molar-refractivity contribution in [1.29, 1.82) is 0 Å². The van der Waals surface area contributed by atoms with Crippen LogP contribution >= 0.6 is 0 Å². The highest BCUT2D eigenvalue weighted by molar-refractivity contribution is 5.96. The van der Waals surface area contributed by atoms with E-state index in [1.54, 1.807) is 38.3 Å². The summed E-state index contributed by atoms with van der Waals surface area (Å²) in [6.45, 7) is 2.32. The summed E-state index contributed by atoms with van der Waals surface area (Å²) in [5.74, 6) is 2.27. The first-order chi connectivity index (χ1) is 16.0. The van der Waals surface area contributed by atoms with Crippen LogP contribution < -0.4 is 19.5 Å². The Kier molecular flexibility index (Phi) is 6.49. The molecule has 1 atom stereocenters. The second kappa shape index (κ2) is 9.65. The molecular formula is C26H27N3O4. The number of nitrogens with zero attached hydrogens (tertiary/aromatic N) is 2. The number of hydrogen-bond acceptors (Lipinski definition) is 5. The number of rotatable bonds is 8. The monoisotopic (exact) mass is 445 g/mol. The van der Waals surface area contributed by atoms with E-state index in [2.05, 4.69) is 10.4 Å². The Morgan fingerprint density at radius 2 is 1.76 bits per heavy atom. The molecule has 0 spiro atoms. The Hall–Kier alpha value is -4.00. The van der Waals surface area contributed by atoms with E-state index in [-0.39, 0.29) is 11.8 Å². The standard InChI is InChI=1S/C26H27N3O4/c1-17(18-8-9-20-15-22(31-2)11-10-19(20)14-18)26(30)28-24-12-13-27-29(24)16-21-6-5-7-23(32-3)25(21)33-4/h5-15,17H,16H2,1-4H3,(H,28,30)/t17-/m0/s1. The Labute approximate surface area is 192 Å². The van der Waals surface area contributed by atoms with Crippen molar-refractivity contribution in [2.24, 2.45) is 0 Å². The van der Waals surface area contributed by atoms with E-state index in [1.807, 2.05) is 61.5 Å². The van der Waals surface area contributed by atoms with Crippen LogP contribution in [0.5, 0.6) is 17.2 Å². The van der Waals surface area contributed by atoms with Gasteiger partial charge in [-0.15, -0.1) is 0 Å². The van der Waals surface area contributed by atoms with Gasteiger partial charge in [0.25, 0.3) is 0 Å². The number of hydrogen-bond donors (Lipinski definition) is 1. The minimum atomic E-state index is -0.341. The van der Waals surface area contributed by atoms with Gasteiger partial charge in [-0.1, -0.05) is 36.4 Å². The van der Waals surface area contributed by atoms with Crippen LogP contribution in [-0.2, 0) is 11.3 Å². The third-order valence-electron chi connectivity index (χ3n) is 5.74. The summed E-state index contributed by atoms with van der Waals surface area (Å²) in [4.78, 5) is 13.1. The lowest BCUT2D eigenvalue weighted by atomic mass is 9.97. The van der Waals surface area contributed by atoms with E-state index in [4.69, 9.17) is 14.2 Å². The normalized spacial score (nSPS) is 11.8. The lowest BCUT2D eigenvalue weighted by Gasteiger charge is -2.16. The van der Waals surface area contributed by atoms with Gasteiger partial charge in [-0.3, -0.25) is 4.79 Å². The van der Waals surface area contributed by atoms with Crippen molar-refractivity contribution < 1.29 is 19.0 Å². The molecule has 1 heterocycles. The number of ether oxygens (including phenoxy) is 3. The van der Waals surface area contributed by atoms with Crippen molar-refractivity contribution in [2.45, 2.75) is 19.4 Å². The summed E-state index contributed by atoms with van der Waals surface area (Å²) in [5, 5.41) is 9.51. The molecule has 1 aromatic heterocycles. The quantitative estimate of drug-likeness (QED) is 0.420. The smallest absolute Gasteiger partial charge is 0.232 e. The molecule has 0 bridgehead atoms. The molecule has 7 nitrogen and oxygen atoms in total. The zero-order chi connectivity index (χ0) is 23.4. The molecule has 3 aromatic carbocycles. The average molecular weight is 446 g/mol. The maximum absolute atomic E-state index is 13.1. The molecule has 4 rings (SSSR count). The predicted octanol–water partition coefficient (Wildman–Crippen LogP) is 4.85. The van der Waals surface area contributed by atoms with Gasteiger partial charge in [-0.2, -0.15) is 5.10 Å². The highest BCUT2D eigenvalue weighted by Gasteiger charge is 2.18. The largest absolute Gasteiger partial charge is 0.497 e. The summed E-state index contributed by atoms with van der Waals surface area (Å²) in [6.07, 6.45) is 1.66. The zero-order valence-corrected chi connectivity index (χ0v) is 19.2. The van der Waals surface area contributed by atoms with E-state index in [0.717, 1.165) is 27.6 Å². The van der Waals surface area contributed by atoms with E-state index in [1.165, 1.54) is 0 Å². The van der Waals surface area contributed by atoms with Crippen LogP contribution in [0.1, 0.15) is 24.0 Å². The number of carbonyl (C=O) groups is 1. The van der Waals surface area contributed by atoms with Gasteiger partial charge >= 0.3 is 0 Å². The number of amides is 1. The first-order valence-electron chi connectivity index (χ1n) is 10.6. The van der Waals surface area contributed by atoms with E-state index < -0.39 is 0 Å². The number of aromatic nitrogens is 2. The van der Waals surface area contributed by atoms with Gasteiger partial charge in [0.2, 0.25) is 5.91 Å². The zero-order valence-electron chi connectivity index (χ0n) is 19.2. The number of para-hydroxylation sites is 1. The fourth-order valence-electron chi connectivity index (χ4n) is 3.83. The highest BCUT2D eigenvalue weighted by Crippen LogP contribution is 2.32. The molecule has 0 saturated heterocycles. The molecule has 170 valence electrons. The van der Waals surface area contributed by atoms with Crippen LogP contribution in [0, 0.1) is 0 Å². The van der Waals surface area contributed by atoms with Crippen molar-refractivity contribution in [3.63, 3.8) is 0 Å². The van der Waals surface area contributed by atoms with Gasteiger partial charge in [0.15, 0.2) is 11.5 Å². The minimum Gasteiger partial charge on any atom is -0.497 e. The molecule has 0 aliphatic carbocycles. The fraction of sp³-hybridized carbons (Fsp3) is 0.231. The van der Waals surface area contributed by atoms with Crippen molar-refractivity contribution >= 4 is 22.5 Å². The lowest BCUT2D eigenvalue weighted by Crippen LogP contribution is -2.21. The molecule has 0 aliphatic rings. The van der Waals surface area contributed by atoms with Crippen LogP contribution in [0.25, 0.3) is 10.8 Å². The molecule has 0 unspecified atom stereocenters. The topological polar surface area (TPSA) is 74.6 Å². The van der Waals surface area contributed by atoms with Gasteiger partial charge < -0.3 is 19.5 Å². The Morgan fingerprint density at radius 1 is 0.970 bits per heavy atom. The first-order valence-corrected chi connectivity index (χ1v) is 10.6. The number of benzene rings is 3. The molecule has 0 saturated carbocycles. The number of methoxy groups -OCH3 is 3. The predicted molar refractivity (Wildman–Crippen MR) is 128 cm³/mol. The van der Waals surface area contributed by atoms with Gasteiger partial charge in [0, 0.05) is 11.6 Å². The summed E-state index contributed by atoms with van der Waals surface area (Å²) >= 11 is 0. The molecular weight excluding hydrogens is 418 g/mol. The molecule has 33 heavy (non-hydrogen) atoms. The van der Waals surface area contributed by atoms with Gasteiger partial charge in [0.1, 0.15) is 11.6 Å². The van der Waals surface area contributed by atoms with Crippen molar-refractivity contribution in [2.75, 3.05) is 26.6 Å². The molecule has 1 N–H and O–H groups in total. The number of anilines is 1. The maximum Gasteiger partial charge on any atom is 0.232 e. The van der Waals surface area contributed by atoms with E-state index in [0.29, 0.717) is 23.9 Å². The number of carbonyl (C=O) groups excluding carboxylic acids is 1. The summed E-state index contributed by atoms with van der Waals surface area (Å²) < 4.78 is 17.9. The third-order valence-corrected chi connectivity index (χ3v) is 5.74. The maximum atomic E-state index is 13.1. The molecule has 7 heteroatoms. The molecule has 0 radical (unpaired) electrons. The second-order valence-corrected chi connectivity index (χ2v) is 7.71. The fourth-order valence-corrected chi connectivity index (χ4v) is 3.83. The molecule has 0 aliphatic heterocycles. The second-order valence-electron chi connectivity index (χ2n) is 7.71. The highest BCUT2D eigenvalue weighted by atomic mass is 16.5. The summed E-state index contributed by atoms with van der Waals surface area (Å²) in [5.41, 5.74) is 1.83. The summed E-state index contributed by atoms with van der Waals surface area (Å²) in [7, 11) is 4.86. The van der Waals surface area contributed by atoms with Crippen LogP contribution in [0.15, 0.2) is 66.9 Å². The third kappa shape index (κ3) is 4.62. The average Bonchev–Trinajstić information content (AvgIpc) is 3.28. The Balaban J connectivity index is 1.52. The van der Waals surface area contributed by atoms with Gasteiger partial charge in [-0.05, 0) is 41.5 Å². The van der Waals surface area contributed by atoms with Crippen molar-refractivity contribution in [3.8, 4) is 17.2 Å². The molecule has 1 amide bonds. The summed E-state index contributed by atoms with van der Waals surface area (Å²) in [6, 6.07) is 19.4. The molecule has 0 fully saturated rings. The van der Waals surface area contributed by atoms with Gasteiger partial charge in [0.05, 0.1) is 40.0 Å². The number of nitrogens with one attached hydrogen (secondary N) is 1. The first kappa shape index (κ1) is 22.2. The van der Waals surface area contributed by atoms with Crippen molar-refractivity contribution in [1.82, 2.24) is 9.78 Å². The molecule has 4 aromatic rings. The number of fused-ring (bicyclic) bond motifs is 1. The Bertz CT molecular complexity index is 1280. The van der Waals surface area contributed by atoms with Crippen LogP contribution in [0.4, 0.5) is 5.82 Å². The SMILES string of the molecule is COc1ccc2cc([C@H](C)C(=O)Nc3ccnn3Cc3cccc(OC)c3OC)ccc2c1. The van der Waals surface area contributed by atoms with Crippen LogP contribution in [0.3, 0.4) is 0 Å². The van der Waals surface area contributed by atoms with Gasteiger partial charge in [-0.25, -0.2) is 4.68 Å². The van der Waals surface area contributed by atoms with E-state index >= 15 is 0 Å². The van der Waals surface area contributed by atoms with Crippen LogP contribution in [0.2, 0.25) is 0 Å². The Morgan fingerprint density at radius 3 is 2.52 bits per heavy atom. The lowest BCUT2D eigenvalue weighted by molar-refractivity contribution is -0.117. The van der Waals surface area contributed by atoms with Crippen LogP contribution in [-0.4, -0.2) is 37.0 Å². The van der Waals surface area contributed by atoms with Crippen molar-refractivity contribution in [3.05, 3.63) is 78.0 Å².